The van der Waals surface area contributed by atoms with Crippen molar-refractivity contribution < 1.29 is 5.11 Å². The van der Waals surface area contributed by atoms with Crippen LogP contribution in [0.1, 0.15) is 5.56 Å². The number of nitrogens with zero attached hydrogens (tertiary/aromatic N) is 1. The smallest absolute Gasteiger partial charge is 0.188 e. The molecule has 1 radical (unpaired) electrons. The molecule has 0 saturated heterocycles. The number of benzene rings is 1. The Hall–Kier alpha value is -1.57. The van der Waals surface area contributed by atoms with E-state index in [0.717, 1.165) is 11.1 Å². The van der Waals surface area contributed by atoms with Gasteiger partial charge in [-0.15, -0.1) is 0 Å². The fourth-order valence-electron chi connectivity index (χ4n) is 1.28. The topological polar surface area (TPSA) is 32.8 Å². The lowest BCUT2D eigenvalue weighted by atomic mass is 10.1. The van der Waals surface area contributed by atoms with E-state index in [1.54, 1.807) is 24.4 Å². The van der Waals surface area contributed by atoms with Gasteiger partial charge in [-0.25, -0.2) is 0 Å². The zero-order valence-corrected chi connectivity index (χ0v) is 6.74. The molecule has 2 rings (SSSR count). The van der Waals surface area contributed by atoms with Crippen molar-refractivity contribution in [1.29, 1.82) is 0 Å². The van der Waals surface area contributed by atoms with Crippen LogP contribution in [0, 0.1) is 6.92 Å². The molecule has 0 spiro atoms. The maximum atomic E-state index is 11.4. The van der Waals surface area contributed by atoms with Crippen LogP contribution in [0.3, 0.4) is 0 Å². The number of hydrogen-bond acceptors (Lipinski definition) is 1. The van der Waals surface area contributed by atoms with Crippen molar-refractivity contribution in [2.24, 2.45) is 0 Å². The van der Waals surface area contributed by atoms with E-state index < -0.39 is 0 Å². The molecule has 0 aliphatic carbocycles. The molecule has 0 fully saturated rings. The molecule has 0 bridgehead atoms. The number of fused-ring (bicyclic) bond motifs is 1. The van der Waals surface area contributed by atoms with Gasteiger partial charge in [0.15, 0.2) is 5.75 Å². The highest BCUT2D eigenvalue weighted by Crippen LogP contribution is 2.24. The third-order valence-electron chi connectivity index (χ3n) is 1.83. The minimum absolute atomic E-state index is 0.0538. The summed E-state index contributed by atoms with van der Waals surface area (Å²) in [5.74, 6) is 0.0538. The van der Waals surface area contributed by atoms with Crippen molar-refractivity contribution in [2.45, 2.75) is 6.92 Å². The van der Waals surface area contributed by atoms with E-state index in [0.29, 0.717) is 5.39 Å². The predicted molar refractivity (Wildman–Crippen MR) is 46.6 cm³/mol. The first kappa shape index (κ1) is 7.10. The zero-order valence-electron chi connectivity index (χ0n) is 6.74. The van der Waals surface area contributed by atoms with Gasteiger partial charge in [0.25, 0.3) is 0 Å². The number of aromatic nitrogens is 1. The molecule has 1 heterocycles. The molecule has 0 saturated carbocycles. The van der Waals surface area contributed by atoms with Gasteiger partial charge >= 0.3 is 0 Å². The first-order valence-corrected chi connectivity index (χ1v) is 3.80. The molecule has 0 unspecified atom stereocenters. The van der Waals surface area contributed by atoms with Gasteiger partial charge in [-0.1, -0.05) is 0 Å². The van der Waals surface area contributed by atoms with Gasteiger partial charge in [0.05, 0.1) is 5.52 Å². The zero-order chi connectivity index (χ0) is 8.55. The second-order valence-corrected chi connectivity index (χ2v) is 2.83. The summed E-state index contributed by atoms with van der Waals surface area (Å²) >= 11 is 0. The number of hydrogen-bond donors (Lipinski definition) is 0. The molecular formula is C10H8NO. The summed E-state index contributed by atoms with van der Waals surface area (Å²) in [6.07, 6.45) is 1.70. The Morgan fingerprint density at radius 1 is 1.33 bits per heavy atom. The van der Waals surface area contributed by atoms with E-state index in [2.05, 4.69) is 4.98 Å². The Bertz CT molecular complexity index is 423. The number of pyridine rings is 1. The third-order valence-corrected chi connectivity index (χ3v) is 1.83. The number of rotatable bonds is 0. The lowest BCUT2D eigenvalue weighted by Crippen LogP contribution is -1.79. The van der Waals surface area contributed by atoms with Crippen LogP contribution in [-0.4, -0.2) is 4.98 Å². The standard InChI is InChI=1S/C10H8NO/c1-7-5-9-8(10(12)6-7)3-2-4-11-9/h2-6H,1H3. The van der Waals surface area contributed by atoms with Crippen molar-refractivity contribution in [2.75, 3.05) is 0 Å². The molecule has 2 nitrogen and oxygen atoms in total. The molecule has 0 N–H and O–H groups in total. The molecule has 0 atom stereocenters. The molecular weight excluding hydrogens is 150 g/mol. The summed E-state index contributed by atoms with van der Waals surface area (Å²) in [5.41, 5.74) is 1.74. The molecule has 1 aromatic heterocycles. The van der Waals surface area contributed by atoms with Crippen molar-refractivity contribution in [1.82, 2.24) is 4.98 Å². The monoisotopic (exact) mass is 158 g/mol. The van der Waals surface area contributed by atoms with Crippen molar-refractivity contribution >= 4 is 10.9 Å². The van der Waals surface area contributed by atoms with Gasteiger partial charge in [0, 0.05) is 11.6 Å². The highest BCUT2D eigenvalue weighted by Gasteiger charge is 2.01. The molecule has 0 aliphatic heterocycles. The molecule has 1 aromatic carbocycles. The van der Waals surface area contributed by atoms with Crippen LogP contribution < -0.4 is 0 Å². The highest BCUT2D eigenvalue weighted by atomic mass is 16.3. The Balaban J connectivity index is 2.89. The largest absolute Gasteiger partial charge is 0.289 e. The maximum absolute atomic E-state index is 11.4. The fourth-order valence-corrected chi connectivity index (χ4v) is 1.28. The van der Waals surface area contributed by atoms with E-state index in [9.17, 15) is 5.11 Å². The van der Waals surface area contributed by atoms with Crippen LogP contribution in [0.25, 0.3) is 10.9 Å². The second-order valence-electron chi connectivity index (χ2n) is 2.83. The maximum Gasteiger partial charge on any atom is 0.188 e. The van der Waals surface area contributed by atoms with Crippen LogP contribution in [0.5, 0.6) is 5.75 Å². The summed E-state index contributed by atoms with van der Waals surface area (Å²) in [5, 5.41) is 12.1. The van der Waals surface area contributed by atoms with Crippen LogP contribution in [0.15, 0.2) is 30.5 Å². The summed E-state index contributed by atoms with van der Waals surface area (Å²) in [6, 6.07) is 7.12. The lowest BCUT2D eigenvalue weighted by molar-refractivity contribution is 0.360. The van der Waals surface area contributed by atoms with Crippen LogP contribution >= 0.6 is 0 Å². The molecule has 0 aliphatic rings. The van der Waals surface area contributed by atoms with Crippen LogP contribution in [0.2, 0.25) is 0 Å². The van der Waals surface area contributed by atoms with Gasteiger partial charge in [0.2, 0.25) is 0 Å². The Morgan fingerprint density at radius 3 is 3.00 bits per heavy atom. The lowest BCUT2D eigenvalue weighted by Gasteiger charge is -1.98. The minimum atomic E-state index is 0.0538. The molecule has 0 amide bonds. The van der Waals surface area contributed by atoms with Crippen molar-refractivity contribution in [3.8, 4) is 5.75 Å². The Kier molecular flexibility index (Phi) is 1.47. The van der Waals surface area contributed by atoms with E-state index >= 15 is 0 Å². The molecule has 59 valence electrons. The summed E-state index contributed by atoms with van der Waals surface area (Å²) < 4.78 is 0. The quantitative estimate of drug-likeness (QED) is 0.580. The summed E-state index contributed by atoms with van der Waals surface area (Å²) in [4.78, 5) is 4.10. The van der Waals surface area contributed by atoms with Gasteiger partial charge < -0.3 is 0 Å². The third kappa shape index (κ3) is 1.01. The van der Waals surface area contributed by atoms with E-state index in [4.69, 9.17) is 0 Å². The summed E-state index contributed by atoms with van der Waals surface area (Å²) in [6.45, 7) is 1.90. The Morgan fingerprint density at radius 2 is 2.17 bits per heavy atom. The molecule has 2 heteroatoms. The predicted octanol–water partition coefficient (Wildman–Crippen LogP) is 2.69. The second kappa shape index (κ2) is 2.48. The van der Waals surface area contributed by atoms with Crippen molar-refractivity contribution in [3.05, 3.63) is 36.0 Å². The number of aryl methyl sites for hydroxylation is 1. The van der Waals surface area contributed by atoms with Crippen molar-refractivity contribution in [3.63, 3.8) is 0 Å². The molecule has 2 aromatic rings. The van der Waals surface area contributed by atoms with Gasteiger partial charge in [-0.2, -0.15) is 0 Å². The average Bonchev–Trinajstić information content (AvgIpc) is 2.04. The first-order chi connectivity index (χ1) is 5.77. The van der Waals surface area contributed by atoms with Gasteiger partial charge in [0.1, 0.15) is 0 Å². The van der Waals surface area contributed by atoms with Crippen LogP contribution in [0.4, 0.5) is 0 Å². The normalized spacial score (nSPS) is 10.4. The summed E-state index contributed by atoms with van der Waals surface area (Å²) in [7, 11) is 0. The van der Waals surface area contributed by atoms with Gasteiger partial charge in [-0.05, 0) is 36.8 Å². The SMILES string of the molecule is Cc1cc([O])c2cccnc2c1. The average molecular weight is 158 g/mol. The fraction of sp³-hybridized carbons (Fsp3) is 0.100. The highest BCUT2D eigenvalue weighted by molar-refractivity contribution is 5.85. The Labute approximate surface area is 70.5 Å². The van der Waals surface area contributed by atoms with E-state index in [1.165, 1.54) is 0 Å². The molecule has 12 heavy (non-hydrogen) atoms. The minimum Gasteiger partial charge on any atom is -0.289 e. The van der Waals surface area contributed by atoms with Crippen LogP contribution in [-0.2, 0) is 5.11 Å². The first-order valence-electron chi connectivity index (χ1n) is 3.80. The van der Waals surface area contributed by atoms with Gasteiger partial charge in [-0.3, -0.25) is 10.1 Å². The van der Waals surface area contributed by atoms with E-state index in [1.807, 2.05) is 13.0 Å². The van der Waals surface area contributed by atoms with E-state index in [-0.39, 0.29) is 5.75 Å².